The van der Waals surface area contributed by atoms with Gasteiger partial charge in [0.25, 0.3) is 0 Å². The molecule has 0 aliphatic carbocycles. The average Bonchev–Trinajstić information content (AvgIpc) is 3.50. The molecule has 8 rings (SSSR count). The Morgan fingerprint density at radius 1 is 0.350 bits per heavy atom. The van der Waals surface area contributed by atoms with Gasteiger partial charge >= 0.3 is 0 Å². The lowest BCUT2D eigenvalue weighted by molar-refractivity contribution is 1.18. The molecule has 2 aromatic heterocycles. The highest BCUT2D eigenvalue weighted by Gasteiger charge is 2.14. The molecule has 0 radical (unpaired) electrons. The lowest BCUT2D eigenvalue weighted by Gasteiger charge is -2.11. The van der Waals surface area contributed by atoms with Gasteiger partial charge in [0, 0.05) is 41.9 Å². The van der Waals surface area contributed by atoms with E-state index in [1.807, 2.05) is 0 Å². The number of fused-ring (bicyclic) bond motifs is 6. The van der Waals surface area contributed by atoms with Gasteiger partial charge in [0.1, 0.15) is 0 Å². The Balaban J connectivity index is 1.19. The Labute approximate surface area is 248 Å². The maximum absolute atomic E-state index is 3.65. The second-order valence-corrected chi connectivity index (χ2v) is 12.0. The second-order valence-electron chi connectivity index (χ2n) is 10.1. The Kier molecular flexibility index (Phi) is 5.48. The van der Waals surface area contributed by atoms with E-state index in [-0.39, 0.29) is 0 Å². The zero-order valence-electron chi connectivity index (χ0n) is 21.4. The van der Waals surface area contributed by atoms with Crippen molar-refractivity contribution in [3.8, 4) is 22.5 Å². The molecule has 0 aliphatic rings. The van der Waals surface area contributed by atoms with Crippen LogP contribution in [-0.4, -0.2) is 9.13 Å². The standard InChI is InChI=1S/C36H22Br2N2/c37-25-13-19-35-31(21-25)29-5-1-3-7-33(29)39(35)27-15-9-23(10-16-27)24-11-17-28(18-12-24)40-34-8-4-2-6-30(34)32-22-26(38)14-20-36(32)40/h1-22H. The average molecular weight is 642 g/mol. The molecule has 0 fully saturated rings. The molecule has 0 bridgehead atoms. The van der Waals surface area contributed by atoms with Crippen molar-refractivity contribution in [1.29, 1.82) is 0 Å². The van der Waals surface area contributed by atoms with E-state index >= 15 is 0 Å². The van der Waals surface area contributed by atoms with E-state index in [1.54, 1.807) is 0 Å². The third kappa shape index (κ3) is 3.67. The van der Waals surface area contributed by atoms with Gasteiger partial charge in [-0.3, -0.25) is 0 Å². The van der Waals surface area contributed by atoms with E-state index < -0.39 is 0 Å². The van der Waals surface area contributed by atoms with E-state index in [0.29, 0.717) is 0 Å². The van der Waals surface area contributed by atoms with Gasteiger partial charge in [0.05, 0.1) is 22.1 Å². The normalized spacial score (nSPS) is 11.8. The molecule has 0 aliphatic heterocycles. The maximum atomic E-state index is 3.65. The smallest absolute Gasteiger partial charge is 0.0541 e. The first-order chi connectivity index (χ1) is 19.7. The molecule has 8 aromatic rings. The monoisotopic (exact) mass is 640 g/mol. The predicted octanol–water partition coefficient (Wildman–Crippen LogP) is 11.1. The number of hydrogen-bond acceptors (Lipinski definition) is 0. The largest absolute Gasteiger partial charge is 0.309 e. The van der Waals surface area contributed by atoms with Gasteiger partial charge in [-0.05, 0) is 83.9 Å². The van der Waals surface area contributed by atoms with Gasteiger partial charge in [-0.1, -0.05) is 92.5 Å². The van der Waals surface area contributed by atoms with Crippen LogP contribution >= 0.6 is 31.9 Å². The topological polar surface area (TPSA) is 9.86 Å². The van der Waals surface area contributed by atoms with E-state index in [0.717, 1.165) is 20.3 Å². The van der Waals surface area contributed by atoms with Crippen molar-refractivity contribution < 1.29 is 0 Å². The van der Waals surface area contributed by atoms with Crippen molar-refractivity contribution >= 4 is 75.5 Å². The number of para-hydroxylation sites is 2. The summed E-state index contributed by atoms with van der Waals surface area (Å²) >= 11 is 7.30. The van der Waals surface area contributed by atoms with Gasteiger partial charge < -0.3 is 9.13 Å². The lowest BCUT2D eigenvalue weighted by Crippen LogP contribution is -1.94. The second kappa shape index (κ2) is 9.22. The molecule has 2 nitrogen and oxygen atoms in total. The third-order valence-electron chi connectivity index (χ3n) is 7.85. The van der Waals surface area contributed by atoms with Crippen LogP contribution in [0.15, 0.2) is 142 Å². The first-order valence-corrected chi connectivity index (χ1v) is 14.8. The predicted molar refractivity (Wildman–Crippen MR) is 176 cm³/mol. The summed E-state index contributed by atoms with van der Waals surface area (Å²) in [6.07, 6.45) is 0. The van der Waals surface area contributed by atoms with Crippen molar-refractivity contribution in [2.45, 2.75) is 0 Å². The quantitative estimate of drug-likeness (QED) is 0.182. The van der Waals surface area contributed by atoms with Crippen LogP contribution < -0.4 is 0 Å². The van der Waals surface area contributed by atoms with Crippen LogP contribution in [0, 0.1) is 0 Å². The molecular formula is C36H22Br2N2. The summed E-state index contributed by atoms with van der Waals surface area (Å²) in [5.74, 6) is 0. The molecule has 190 valence electrons. The van der Waals surface area contributed by atoms with E-state index in [1.165, 1.54) is 54.7 Å². The molecule has 0 unspecified atom stereocenters. The summed E-state index contributed by atoms with van der Waals surface area (Å²) in [6, 6.07) is 48.1. The fraction of sp³-hybridized carbons (Fsp3) is 0. The Morgan fingerprint density at radius 3 is 1.15 bits per heavy atom. The molecule has 2 heterocycles. The van der Waals surface area contributed by atoms with Crippen LogP contribution in [-0.2, 0) is 0 Å². The number of benzene rings is 6. The minimum absolute atomic E-state index is 1.09. The maximum Gasteiger partial charge on any atom is 0.0541 e. The Hall–Kier alpha value is -4.12. The molecule has 0 amide bonds. The highest BCUT2D eigenvalue weighted by Crippen LogP contribution is 2.36. The van der Waals surface area contributed by atoms with Crippen LogP contribution in [0.25, 0.3) is 66.1 Å². The van der Waals surface area contributed by atoms with Crippen LogP contribution in [0.4, 0.5) is 0 Å². The summed E-state index contributed by atoms with van der Waals surface area (Å²) in [5.41, 5.74) is 9.56. The number of aromatic nitrogens is 2. The van der Waals surface area contributed by atoms with Crippen LogP contribution in [0.1, 0.15) is 0 Å². The first kappa shape index (κ1) is 23.7. The highest BCUT2D eigenvalue weighted by molar-refractivity contribution is 9.10. The van der Waals surface area contributed by atoms with Gasteiger partial charge in [-0.15, -0.1) is 0 Å². The van der Waals surface area contributed by atoms with Crippen LogP contribution in [0.2, 0.25) is 0 Å². The van der Waals surface area contributed by atoms with Crippen molar-refractivity contribution in [2.24, 2.45) is 0 Å². The summed E-state index contributed by atoms with van der Waals surface area (Å²) < 4.78 is 6.89. The van der Waals surface area contributed by atoms with E-state index in [4.69, 9.17) is 0 Å². The van der Waals surface area contributed by atoms with Gasteiger partial charge in [0.15, 0.2) is 0 Å². The summed E-state index contributed by atoms with van der Waals surface area (Å²) in [4.78, 5) is 0. The minimum atomic E-state index is 1.09. The Bertz CT molecular complexity index is 2060. The zero-order valence-corrected chi connectivity index (χ0v) is 24.5. The molecule has 0 saturated carbocycles. The molecule has 40 heavy (non-hydrogen) atoms. The van der Waals surface area contributed by atoms with Crippen LogP contribution in [0.3, 0.4) is 0 Å². The van der Waals surface area contributed by atoms with Crippen molar-refractivity contribution in [2.75, 3.05) is 0 Å². The molecule has 0 atom stereocenters. The fourth-order valence-electron chi connectivity index (χ4n) is 6.05. The van der Waals surface area contributed by atoms with Gasteiger partial charge in [0.2, 0.25) is 0 Å². The third-order valence-corrected chi connectivity index (χ3v) is 8.84. The van der Waals surface area contributed by atoms with Crippen molar-refractivity contribution in [3.05, 3.63) is 142 Å². The van der Waals surface area contributed by atoms with Crippen molar-refractivity contribution in [3.63, 3.8) is 0 Å². The number of halogens is 2. The number of nitrogens with zero attached hydrogens (tertiary/aromatic N) is 2. The zero-order chi connectivity index (χ0) is 26.8. The minimum Gasteiger partial charge on any atom is -0.309 e. The summed E-state index contributed by atoms with van der Waals surface area (Å²) in [7, 11) is 0. The molecule has 0 saturated heterocycles. The molecule has 6 aromatic carbocycles. The summed E-state index contributed by atoms with van der Waals surface area (Å²) in [5, 5.41) is 5.02. The Morgan fingerprint density at radius 2 is 0.725 bits per heavy atom. The van der Waals surface area contributed by atoms with Crippen LogP contribution in [0.5, 0.6) is 0 Å². The van der Waals surface area contributed by atoms with Gasteiger partial charge in [-0.2, -0.15) is 0 Å². The van der Waals surface area contributed by atoms with Crippen molar-refractivity contribution in [1.82, 2.24) is 9.13 Å². The lowest BCUT2D eigenvalue weighted by atomic mass is 10.0. The molecule has 4 heteroatoms. The first-order valence-electron chi connectivity index (χ1n) is 13.2. The fourth-order valence-corrected chi connectivity index (χ4v) is 6.77. The molecule has 0 spiro atoms. The van der Waals surface area contributed by atoms with E-state index in [9.17, 15) is 0 Å². The summed E-state index contributed by atoms with van der Waals surface area (Å²) in [6.45, 7) is 0. The SMILES string of the molecule is Brc1ccc2c(c1)c1ccccc1n2-c1ccc(-c2ccc(-n3c4ccccc4c4cc(Br)ccc43)cc2)cc1. The number of rotatable bonds is 3. The highest BCUT2D eigenvalue weighted by atomic mass is 79.9. The molecule has 0 N–H and O–H groups in total. The molecular weight excluding hydrogens is 620 g/mol. The number of hydrogen-bond donors (Lipinski definition) is 0. The van der Waals surface area contributed by atoms with Gasteiger partial charge in [-0.25, -0.2) is 0 Å². The van der Waals surface area contributed by atoms with E-state index in [2.05, 4.69) is 174 Å².